The summed E-state index contributed by atoms with van der Waals surface area (Å²) in [5.41, 5.74) is 0. The van der Waals surface area contributed by atoms with E-state index in [9.17, 15) is 0 Å². The second kappa shape index (κ2) is 2.73. The Kier molecular flexibility index (Phi) is 1.87. The fourth-order valence-corrected chi connectivity index (χ4v) is 2.50. The first kappa shape index (κ1) is 7.53. The number of ether oxygens (including phenoxy) is 1. The van der Waals surface area contributed by atoms with Gasteiger partial charge in [0, 0.05) is 13.2 Å². The third-order valence-electron chi connectivity index (χ3n) is 3.24. The number of hydrogen-bond acceptors (Lipinski definition) is 3. The number of hydrogen-bond donors (Lipinski definition) is 2. The molecule has 0 bridgehead atoms. The summed E-state index contributed by atoms with van der Waals surface area (Å²) in [4.78, 5) is 0. The lowest BCUT2D eigenvalue weighted by Gasteiger charge is -2.45. The molecule has 0 radical (unpaired) electrons. The molecule has 0 aromatic rings. The van der Waals surface area contributed by atoms with Gasteiger partial charge in [-0.25, -0.2) is 0 Å². The van der Waals surface area contributed by atoms with Crippen molar-refractivity contribution in [2.24, 2.45) is 23.7 Å². The summed E-state index contributed by atoms with van der Waals surface area (Å²) in [6.45, 7) is 1.98. The third-order valence-corrected chi connectivity index (χ3v) is 3.24. The van der Waals surface area contributed by atoms with Crippen molar-refractivity contribution >= 4 is 0 Å². The van der Waals surface area contributed by atoms with Gasteiger partial charge in [0.25, 0.3) is 0 Å². The van der Waals surface area contributed by atoms with E-state index >= 15 is 0 Å². The summed E-state index contributed by atoms with van der Waals surface area (Å²) in [5, 5.41) is 17.9. The minimum absolute atomic E-state index is 0.204. The normalized spacial score (nSPS) is 48.5. The molecule has 4 atom stereocenters. The van der Waals surface area contributed by atoms with Crippen LogP contribution in [0.3, 0.4) is 0 Å². The molecule has 2 aliphatic rings. The van der Waals surface area contributed by atoms with Crippen LogP contribution >= 0.6 is 0 Å². The summed E-state index contributed by atoms with van der Waals surface area (Å²) in [7, 11) is 0. The van der Waals surface area contributed by atoms with E-state index in [-0.39, 0.29) is 13.2 Å². The second-order valence-electron chi connectivity index (χ2n) is 3.56. The van der Waals surface area contributed by atoms with E-state index < -0.39 is 0 Å². The summed E-state index contributed by atoms with van der Waals surface area (Å²) < 4.78 is 5.27. The molecule has 1 aliphatic carbocycles. The number of aliphatic hydroxyl groups excluding tert-OH is 2. The van der Waals surface area contributed by atoms with Crippen molar-refractivity contribution in [1.29, 1.82) is 0 Å². The standard InChI is InChI=1S/C8H14O3/c9-1-5-6(2-10)8-4-11-3-7(5)8/h5-10H,1-4H2/t5-,6+,7+,8-. The van der Waals surface area contributed by atoms with Gasteiger partial charge >= 0.3 is 0 Å². The van der Waals surface area contributed by atoms with Crippen molar-refractivity contribution < 1.29 is 14.9 Å². The number of rotatable bonds is 2. The molecular formula is C8H14O3. The van der Waals surface area contributed by atoms with E-state index in [1.54, 1.807) is 0 Å². The van der Waals surface area contributed by atoms with Gasteiger partial charge in [-0.2, -0.15) is 0 Å². The highest BCUT2D eigenvalue weighted by molar-refractivity contribution is 4.98. The molecule has 2 rings (SSSR count). The lowest BCUT2D eigenvalue weighted by molar-refractivity contribution is -0.0516. The summed E-state index contributed by atoms with van der Waals surface area (Å²) in [5.74, 6) is 1.65. The number of aliphatic hydroxyl groups is 2. The van der Waals surface area contributed by atoms with Crippen LogP contribution in [0.1, 0.15) is 0 Å². The van der Waals surface area contributed by atoms with Crippen LogP contribution in [0.25, 0.3) is 0 Å². The highest BCUT2D eigenvalue weighted by atomic mass is 16.5. The average Bonchev–Trinajstić information content (AvgIpc) is 2.36. The van der Waals surface area contributed by atoms with Crippen LogP contribution in [0.15, 0.2) is 0 Å². The molecule has 64 valence electrons. The molecular weight excluding hydrogens is 144 g/mol. The largest absolute Gasteiger partial charge is 0.396 e. The van der Waals surface area contributed by atoms with Gasteiger partial charge in [0.2, 0.25) is 0 Å². The Bertz CT molecular complexity index is 132. The SMILES string of the molecule is OC[C@@H]1[C@H](CO)[C@H]2COC[C@@H]12. The topological polar surface area (TPSA) is 49.7 Å². The molecule has 0 aromatic carbocycles. The van der Waals surface area contributed by atoms with E-state index in [4.69, 9.17) is 14.9 Å². The fraction of sp³-hybridized carbons (Fsp3) is 1.00. The Balaban J connectivity index is 2.00. The minimum atomic E-state index is 0.204. The highest BCUT2D eigenvalue weighted by Gasteiger charge is 2.52. The smallest absolute Gasteiger partial charge is 0.0501 e. The molecule has 2 N–H and O–H groups in total. The minimum Gasteiger partial charge on any atom is -0.396 e. The van der Waals surface area contributed by atoms with Gasteiger partial charge in [0.15, 0.2) is 0 Å². The Labute approximate surface area is 66.0 Å². The Hall–Kier alpha value is -0.120. The van der Waals surface area contributed by atoms with Crippen LogP contribution in [-0.2, 0) is 4.74 Å². The number of fused-ring (bicyclic) bond motifs is 1. The van der Waals surface area contributed by atoms with Gasteiger partial charge in [-0.05, 0) is 23.7 Å². The van der Waals surface area contributed by atoms with Gasteiger partial charge in [0.1, 0.15) is 0 Å². The Morgan fingerprint density at radius 3 is 1.82 bits per heavy atom. The molecule has 1 saturated carbocycles. The van der Waals surface area contributed by atoms with Crippen molar-refractivity contribution in [1.82, 2.24) is 0 Å². The van der Waals surface area contributed by atoms with Crippen LogP contribution in [0, 0.1) is 23.7 Å². The monoisotopic (exact) mass is 158 g/mol. The molecule has 3 heteroatoms. The van der Waals surface area contributed by atoms with Gasteiger partial charge in [-0.15, -0.1) is 0 Å². The van der Waals surface area contributed by atoms with Crippen molar-refractivity contribution in [3.05, 3.63) is 0 Å². The predicted molar refractivity (Wildman–Crippen MR) is 39.0 cm³/mol. The van der Waals surface area contributed by atoms with Crippen LogP contribution < -0.4 is 0 Å². The Morgan fingerprint density at radius 2 is 1.45 bits per heavy atom. The van der Waals surface area contributed by atoms with Crippen molar-refractivity contribution in [2.45, 2.75) is 0 Å². The molecule has 0 amide bonds. The van der Waals surface area contributed by atoms with E-state index in [0.29, 0.717) is 23.7 Å². The zero-order valence-corrected chi connectivity index (χ0v) is 6.44. The maximum absolute atomic E-state index is 8.97. The molecule has 1 heterocycles. The predicted octanol–water partition coefficient (Wildman–Crippen LogP) is -0.520. The molecule has 3 nitrogen and oxygen atoms in total. The lowest BCUT2D eigenvalue weighted by atomic mass is 9.59. The van der Waals surface area contributed by atoms with E-state index in [0.717, 1.165) is 13.2 Å². The lowest BCUT2D eigenvalue weighted by Crippen LogP contribution is -2.49. The van der Waals surface area contributed by atoms with Crippen molar-refractivity contribution in [3.8, 4) is 0 Å². The summed E-state index contributed by atoms with van der Waals surface area (Å²) in [6, 6.07) is 0. The van der Waals surface area contributed by atoms with Crippen molar-refractivity contribution in [2.75, 3.05) is 26.4 Å². The maximum Gasteiger partial charge on any atom is 0.0501 e. The zero-order valence-electron chi connectivity index (χ0n) is 6.44. The molecule has 0 unspecified atom stereocenters. The quantitative estimate of drug-likeness (QED) is 0.568. The average molecular weight is 158 g/mol. The van der Waals surface area contributed by atoms with Crippen LogP contribution in [-0.4, -0.2) is 36.6 Å². The van der Waals surface area contributed by atoms with Gasteiger partial charge < -0.3 is 14.9 Å². The summed E-state index contributed by atoms with van der Waals surface area (Å²) >= 11 is 0. The maximum atomic E-state index is 8.97. The molecule has 1 saturated heterocycles. The second-order valence-corrected chi connectivity index (χ2v) is 3.56. The van der Waals surface area contributed by atoms with E-state index in [1.807, 2.05) is 0 Å². The van der Waals surface area contributed by atoms with Crippen LogP contribution in [0.5, 0.6) is 0 Å². The molecule has 0 aromatic heterocycles. The van der Waals surface area contributed by atoms with E-state index in [2.05, 4.69) is 0 Å². The molecule has 11 heavy (non-hydrogen) atoms. The van der Waals surface area contributed by atoms with Gasteiger partial charge in [-0.1, -0.05) is 0 Å². The van der Waals surface area contributed by atoms with Gasteiger partial charge in [-0.3, -0.25) is 0 Å². The van der Waals surface area contributed by atoms with Crippen molar-refractivity contribution in [3.63, 3.8) is 0 Å². The molecule has 2 fully saturated rings. The first-order chi connectivity index (χ1) is 5.38. The van der Waals surface area contributed by atoms with Crippen LogP contribution in [0.2, 0.25) is 0 Å². The Morgan fingerprint density at radius 1 is 1.00 bits per heavy atom. The van der Waals surface area contributed by atoms with E-state index in [1.165, 1.54) is 0 Å². The van der Waals surface area contributed by atoms with Gasteiger partial charge in [0.05, 0.1) is 13.2 Å². The van der Waals surface area contributed by atoms with Crippen LogP contribution in [0.4, 0.5) is 0 Å². The first-order valence-electron chi connectivity index (χ1n) is 4.18. The third kappa shape index (κ3) is 0.916. The summed E-state index contributed by atoms with van der Waals surface area (Å²) in [6.07, 6.45) is 0. The fourth-order valence-electron chi connectivity index (χ4n) is 2.50. The first-order valence-corrected chi connectivity index (χ1v) is 4.18. The molecule has 0 spiro atoms. The molecule has 1 aliphatic heterocycles. The highest BCUT2D eigenvalue weighted by Crippen LogP contribution is 2.48. The zero-order chi connectivity index (χ0) is 7.84.